The molecular formula is C14H13IN2O3S. The zero-order valence-electron chi connectivity index (χ0n) is 11.4. The van der Waals surface area contributed by atoms with Gasteiger partial charge in [0.15, 0.2) is 4.77 Å². The number of ether oxygens (including phenoxy) is 1. The van der Waals surface area contributed by atoms with Gasteiger partial charge in [0.05, 0.1) is 15.4 Å². The van der Waals surface area contributed by atoms with Gasteiger partial charge in [-0.1, -0.05) is 0 Å². The molecule has 0 unspecified atom stereocenters. The average Bonchev–Trinajstić information content (AvgIpc) is 2.39. The molecular weight excluding hydrogens is 403 g/mol. The molecule has 0 spiro atoms. The Morgan fingerprint density at radius 2 is 2.14 bits per heavy atom. The first-order valence-electron chi connectivity index (χ1n) is 6.18. The summed E-state index contributed by atoms with van der Waals surface area (Å²) >= 11 is 7.14. The van der Waals surface area contributed by atoms with E-state index in [4.69, 9.17) is 22.1 Å². The fourth-order valence-corrected chi connectivity index (χ4v) is 2.58. The number of benzene rings is 1. The van der Waals surface area contributed by atoms with Crippen LogP contribution in [0.1, 0.15) is 24.3 Å². The van der Waals surface area contributed by atoms with E-state index in [1.807, 2.05) is 32.0 Å². The summed E-state index contributed by atoms with van der Waals surface area (Å²) in [4.78, 5) is 17.8. The van der Waals surface area contributed by atoms with Crippen LogP contribution in [0.3, 0.4) is 0 Å². The normalized spacial score (nSPS) is 10.7. The van der Waals surface area contributed by atoms with E-state index in [2.05, 4.69) is 32.6 Å². The van der Waals surface area contributed by atoms with Crippen LogP contribution in [0, 0.1) is 8.34 Å². The molecule has 0 aliphatic rings. The number of nitrogens with zero attached hydrogens (tertiary/aromatic N) is 1. The first-order chi connectivity index (χ1) is 9.86. The molecule has 0 saturated carbocycles. The van der Waals surface area contributed by atoms with Gasteiger partial charge in [-0.15, -0.1) is 0 Å². The molecule has 110 valence electrons. The molecule has 0 fully saturated rings. The van der Waals surface area contributed by atoms with E-state index in [0.717, 1.165) is 14.9 Å². The minimum absolute atomic E-state index is 0.0162. The highest BCUT2D eigenvalue weighted by Gasteiger charge is 2.10. The Balaban J connectivity index is 2.45. The first-order valence-corrected chi connectivity index (χ1v) is 7.66. The van der Waals surface area contributed by atoms with Crippen LogP contribution in [0.2, 0.25) is 0 Å². The van der Waals surface area contributed by atoms with E-state index in [0.29, 0.717) is 5.69 Å². The maximum absolute atomic E-state index is 11.1. The van der Waals surface area contributed by atoms with E-state index in [9.17, 15) is 4.79 Å². The molecule has 2 aromatic rings. The summed E-state index contributed by atoms with van der Waals surface area (Å²) in [6.07, 6.45) is 0.0895. The molecule has 5 nitrogen and oxygen atoms in total. The molecule has 2 N–H and O–H groups in total. The largest absolute Gasteiger partial charge is 0.490 e. The summed E-state index contributed by atoms with van der Waals surface area (Å²) in [5, 5.41) is 9.05. The van der Waals surface area contributed by atoms with Crippen molar-refractivity contribution in [3.63, 3.8) is 0 Å². The van der Waals surface area contributed by atoms with Crippen molar-refractivity contribution < 1.29 is 14.6 Å². The number of hydrogen-bond acceptors (Lipinski definition) is 4. The molecule has 21 heavy (non-hydrogen) atoms. The molecule has 0 amide bonds. The summed E-state index contributed by atoms with van der Waals surface area (Å²) < 4.78 is 6.74. The number of carboxylic acids is 1. The standard InChI is InChI=1S/C14H13IN2O3S/c1-7(2)20-12-4-3-8(5-9(12)15)10-6-11(13(18)19)17-14(21)16-10/h3-7H,1-2H3,(H,18,19)(H,16,17,21). The highest BCUT2D eigenvalue weighted by molar-refractivity contribution is 14.1. The van der Waals surface area contributed by atoms with E-state index in [1.165, 1.54) is 6.07 Å². The van der Waals surface area contributed by atoms with Crippen molar-refractivity contribution in [2.24, 2.45) is 0 Å². The van der Waals surface area contributed by atoms with Crippen molar-refractivity contribution >= 4 is 40.8 Å². The van der Waals surface area contributed by atoms with Crippen LogP contribution in [0.4, 0.5) is 0 Å². The fraction of sp³-hybridized carbons (Fsp3) is 0.214. The third kappa shape index (κ3) is 4.01. The van der Waals surface area contributed by atoms with Crippen molar-refractivity contribution in [2.45, 2.75) is 20.0 Å². The first kappa shape index (κ1) is 15.9. The van der Waals surface area contributed by atoms with Crippen LogP contribution in [-0.4, -0.2) is 27.1 Å². The maximum atomic E-state index is 11.1. The van der Waals surface area contributed by atoms with Crippen LogP contribution in [-0.2, 0) is 0 Å². The van der Waals surface area contributed by atoms with E-state index in [1.54, 1.807) is 0 Å². The molecule has 0 aliphatic carbocycles. The van der Waals surface area contributed by atoms with Crippen LogP contribution in [0.15, 0.2) is 24.3 Å². The molecule has 0 radical (unpaired) electrons. The second-order valence-corrected chi connectivity index (χ2v) is 6.15. The third-order valence-electron chi connectivity index (χ3n) is 2.57. The van der Waals surface area contributed by atoms with Gasteiger partial charge in [-0.05, 0) is 72.9 Å². The smallest absolute Gasteiger partial charge is 0.352 e. The minimum Gasteiger partial charge on any atom is -0.490 e. The Kier molecular flexibility index (Phi) is 4.94. The van der Waals surface area contributed by atoms with Crippen LogP contribution < -0.4 is 4.74 Å². The summed E-state index contributed by atoms with van der Waals surface area (Å²) in [5.41, 5.74) is 1.32. The van der Waals surface area contributed by atoms with Crippen LogP contribution in [0.5, 0.6) is 5.75 Å². The van der Waals surface area contributed by atoms with Gasteiger partial charge in [0.2, 0.25) is 0 Å². The number of hydrogen-bond donors (Lipinski definition) is 2. The maximum Gasteiger partial charge on any atom is 0.352 e. The van der Waals surface area contributed by atoms with Gasteiger partial charge < -0.3 is 14.8 Å². The molecule has 1 aromatic heterocycles. The molecule has 0 atom stereocenters. The summed E-state index contributed by atoms with van der Waals surface area (Å²) in [5.74, 6) is -0.284. The summed E-state index contributed by atoms with van der Waals surface area (Å²) in [6.45, 7) is 3.92. The molecule has 0 bridgehead atoms. The quantitative estimate of drug-likeness (QED) is 0.584. The predicted molar refractivity (Wildman–Crippen MR) is 90.3 cm³/mol. The monoisotopic (exact) mass is 416 g/mol. The topological polar surface area (TPSA) is 75.2 Å². The average molecular weight is 416 g/mol. The Morgan fingerprint density at radius 1 is 1.43 bits per heavy atom. The van der Waals surface area contributed by atoms with Crippen molar-refractivity contribution in [1.82, 2.24) is 9.97 Å². The summed E-state index contributed by atoms with van der Waals surface area (Å²) in [7, 11) is 0. The molecule has 2 rings (SSSR count). The van der Waals surface area contributed by atoms with E-state index < -0.39 is 5.97 Å². The minimum atomic E-state index is -1.07. The predicted octanol–water partition coefficient (Wildman–Crippen LogP) is 3.90. The van der Waals surface area contributed by atoms with Crippen LogP contribution >= 0.6 is 34.8 Å². The zero-order valence-corrected chi connectivity index (χ0v) is 14.4. The fourth-order valence-electron chi connectivity index (χ4n) is 1.73. The number of carbonyl (C=O) groups is 1. The number of nitrogens with one attached hydrogen (secondary N) is 1. The Morgan fingerprint density at radius 3 is 2.71 bits per heavy atom. The van der Waals surface area contributed by atoms with Gasteiger partial charge in [-0.2, -0.15) is 0 Å². The lowest BCUT2D eigenvalue weighted by Gasteiger charge is -2.12. The number of H-pyrrole nitrogens is 1. The highest BCUT2D eigenvalue weighted by Crippen LogP contribution is 2.27. The molecule has 0 saturated heterocycles. The Hall–Kier alpha value is -1.48. The number of aromatic nitrogens is 2. The SMILES string of the molecule is CC(C)Oc1ccc(-c2cc(C(=O)O)[nH]c(=S)n2)cc1I. The van der Waals surface area contributed by atoms with Gasteiger partial charge in [0.1, 0.15) is 11.4 Å². The lowest BCUT2D eigenvalue weighted by atomic mass is 10.1. The van der Waals surface area contributed by atoms with Crippen LogP contribution in [0.25, 0.3) is 11.3 Å². The number of carboxylic acid groups (broad SMARTS) is 1. The van der Waals surface area contributed by atoms with Gasteiger partial charge in [0, 0.05) is 5.56 Å². The Labute approximate surface area is 140 Å². The lowest BCUT2D eigenvalue weighted by molar-refractivity contribution is 0.0690. The second kappa shape index (κ2) is 6.52. The molecule has 0 aliphatic heterocycles. The van der Waals surface area contributed by atoms with Crippen molar-refractivity contribution in [3.05, 3.63) is 38.3 Å². The molecule has 7 heteroatoms. The molecule has 1 aromatic carbocycles. The number of aromatic amines is 1. The van der Waals surface area contributed by atoms with Crippen molar-refractivity contribution in [3.8, 4) is 17.0 Å². The number of halogens is 1. The van der Waals surface area contributed by atoms with E-state index >= 15 is 0 Å². The molecule has 1 heterocycles. The Bertz CT molecular complexity index is 743. The highest BCUT2D eigenvalue weighted by atomic mass is 127. The zero-order chi connectivity index (χ0) is 15.6. The van der Waals surface area contributed by atoms with E-state index in [-0.39, 0.29) is 16.6 Å². The van der Waals surface area contributed by atoms with Crippen molar-refractivity contribution in [1.29, 1.82) is 0 Å². The van der Waals surface area contributed by atoms with Gasteiger partial charge in [-0.3, -0.25) is 0 Å². The van der Waals surface area contributed by atoms with Gasteiger partial charge >= 0.3 is 5.97 Å². The summed E-state index contributed by atoms with van der Waals surface area (Å²) in [6, 6.07) is 7.04. The number of rotatable bonds is 4. The van der Waals surface area contributed by atoms with Crippen molar-refractivity contribution in [2.75, 3.05) is 0 Å². The van der Waals surface area contributed by atoms with Gasteiger partial charge in [0.25, 0.3) is 0 Å². The second-order valence-electron chi connectivity index (χ2n) is 4.60. The van der Waals surface area contributed by atoms with Gasteiger partial charge in [-0.25, -0.2) is 9.78 Å². The lowest BCUT2D eigenvalue weighted by Crippen LogP contribution is -2.06. The number of aromatic carboxylic acids is 1. The third-order valence-corrected chi connectivity index (χ3v) is 3.60.